The van der Waals surface area contributed by atoms with E-state index in [0.29, 0.717) is 5.56 Å². The van der Waals surface area contributed by atoms with Crippen molar-refractivity contribution in [1.82, 2.24) is 0 Å². The predicted molar refractivity (Wildman–Crippen MR) is 64.9 cm³/mol. The van der Waals surface area contributed by atoms with E-state index in [1.807, 2.05) is 6.07 Å². The van der Waals surface area contributed by atoms with Crippen LogP contribution in [0.15, 0.2) is 30.3 Å². The Balaban J connectivity index is 2.96. The molecule has 0 amide bonds. The van der Waals surface area contributed by atoms with Crippen molar-refractivity contribution < 1.29 is 14.7 Å². The zero-order valence-corrected chi connectivity index (χ0v) is 10.7. The van der Waals surface area contributed by atoms with E-state index in [9.17, 15) is 9.59 Å². The number of benzene rings is 1. The molecule has 0 heterocycles. The van der Waals surface area contributed by atoms with Crippen LogP contribution >= 0.6 is 15.9 Å². The van der Waals surface area contributed by atoms with Crippen LogP contribution in [0.5, 0.6) is 0 Å². The van der Waals surface area contributed by atoms with Crippen molar-refractivity contribution in [2.24, 2.45) is 5.41 Å². The fourth-order valence-corrected chi connectivity index (χ4v) is 1.65. The maximum absolute atomic E-state index is 12.0. The molecular formula is C12H13BrO3. The maximum atomic E-state index is 12.0. The fourth-order valence-electron chi connectivity index (χ4n) is 1.18. The number of carbonyl (C=O) groups excluding carboxylic acids is 1. The van der Waals surface area contributed by atoms with Crippen molar-refractivity contribution in [3.63, 3.8) is 0 Å². The van der Waals surface area contributed by atoms with Crippen LogP contribution in [-0.2, 0) is 4.79 Å². The molecule has 1 rings (SSSR count). The summed E-state index contributed by atoms with van der Waals surface area (Å²) in [6.07, 6.45) is 0. The standard InChI is InChI=1S/C12H13BrO3/c1-12(2,11(15)16)10(13)9(14)8-6-4-3-5-7-8/h3-7,10H,1-2H3,(H,15,16). The molecule has 4 heteroatoms. The van der Waals surface area contributed by atoms with Crippen LogP contribution in [0.2, 0.25) is 0 Å². The van der Waals surface area contributed by atoms with E-state index in [1.54, 1.807) is 24.3 Å². The lowest BCUT2D eigenvalue weighted by atomic mass is 9.85. The van der Waals surface area contributed by atoms with Gasteiger partial charge in [-0.1, -0.05) is 46.3 Å². The Kier molecular flexibility index (Phi) is 3.86. The van der Waals surface area contributed by atoms with Crippen molar-refractivity contribution in [3.05, 3.63) is 35.9 Å². The molecule has 0 spiro atoms. The number of alkyl halides is 1. The smallest absolute Gasteiger partial charge is 0.310 e. The van der Waals surface area contributed by atoms with Crippen molar-refractivity contribution in [3.8, 4) is 0 Å². The summed E-state index contributed by atoms with van der Waals surface area (Å²) in [6.45, 7) is 3.05. The Morgan fingerprint density at radius 2 is 1.75 bits per heavy atom. The van der Waals surface area contributed by atoms with Gasteiger partial charge in [-0.25, -0.2) is 0 Å². The van der Waals surface area contributed by atoms with Gasteiger partial charge < -0.3 is 5.11 Å². The molecule has 0 bridgehead atoms. The van der Waals surface area contributed by atoms with Gasteiger partial charge in [0.2, 0.25) is 0 Å². The molecule has 0 saturated heterocycles. The lowest BCUT2D eigenvalue weighted by Crippen LogP contribution is -2.38. The van der Waals surface area contributed by atoms with Crippen molar-refractivity contribution in [1.29, 1.82) is 0 Å². The van der Waals surface area contributed by atoms with Crippen molar-refractivity contribution in [2.75, 3.05) is 0 Å². The Hall–Kier alpha value is -1.16. The first kappa shape index (κ1) is 12.9. The van der Waals surface area contributed by atoms with Gasteiger partial charge in [-0.05, 0) is 13.8 Å². The van der Waals surface area contributed by atoms with Gasteiger partial charge in [0.05, 0.1) is 10.2 Å². The molecule has 1 aromatic rings. The molecule has 86 valence electrons. The molecule has 3 nitrogen and oxygen atoms in total. The van der Waals surface area contributed by atoms with Crippen LogP contribution in [0.4, 0.5) is 0 Å². The Labute approximate surface area is 103 Å². The molecule has 1 aromatic carbocycles. The number of hydrogen-bond acceptors (Lipinski definition) is 2. The fraction of sp³-hybridized carbons (Fsp3) is 0.333. The van der Waals surface area contributed by atoms with Crippen LogP contribution in [0.3, 0.4) is 0 Å². The second-order valence-corrected chi connectivity index (χ2v) is 5.04. The quantitative estimate of drug-likeness (QED) is 0.683. The molecule has 1 N–H and O–H groups in total. The molecule has 0 aliphatic rings. The van der Waals surface area contributed by atoms with E-state index in [-0.39, 0.29) is 5.78 Å². The van der Waals surface area contributed by atoms with Crippen LogP contribution in [0, 0.1) is 5.41 Å². The zero-order valence-electron chi connectivity index (χ0n) is 9.11. The van der Waals surface area contributed by atoms with Gasteiger partial charge in [-0.15, -0.1) is 0 Å². The summed E-state index contributed by atoms with van der Waals surface area (Å²) in [6, 6.07) is 8.66. The summed E-state index contributed by atoms with van der Waals surface area (Å²) in [4.78, 5) is 22.3. The minimum absolute atomic E-state index is 0.215. The third-order valence-electron chi connectivity index (χ3n) is 2.47. The second-order valence-electron chi connectivity index (χ2n) is 4.12. The predicted octanol–water partition coefficient (Wildman–Crippen LogP) is 2.74. The highest BCUT2D eigenvalue weighted by Crippen LogP contribution is 2.30. The van der Waals surface area contributed by atoms with Gasteiger partial charge in [-0.2, -0.15) is 0 Å². The molecule has 0 radical (unpaired) electrons. The van der Waals surface area contributed by atoms with E-state index in [1.165, 1.54) is 13.8 Å². The second kappa shape index (κ2) is 4.78. The van der Waals surface area contributed by atoms with E-state index in [0.717, 1.165) is 0 Å². The topological polar surface area (TPSA) is 54.4 Å². The number of aliphatic carboxylic acids is 1. The van der Waals surface area contributed by atoms with Gasteiger partial charge >= 0.3 is 5.97 Å². The Bertz CT molecular complexity index is 398. The van der Waals surface area contributed by atoms with E-state index in [2.05, 4.69) is 15.9 Å². The minimum atomic E-state index is -1.13. The van der Waals surface area contributed by atoms with Crippen LogP contribution < -0.4 is 0 Å². The summed E-state index contributed by atoms with van der Waals surface area (Å²) in [5, 5.41) is 9.03. The largest absolute Gasteiger partial charge is 0.481 e. The molecule has 1 atom stereocenters. The molecular weight excluding hydrogens is 272 g/mol. The van der Waals surface area contributed by atoms with Gasteiger partial charge in [0.15, 0.2) is 5.78 Å². The first-order valence-corrected chi connectivity index (χ1v) is 5.75. The zero-order chi connectivity index (χ0) is 12.3. The first-order chi connectivity index (χ1) is 7.37. The third-order valence-corrected chi connectivity index (χ3v) is 4.03. The first-order valence-electron chi connectivity index (χ1n) is 4.84. The molecule has 16 heavy (non-hydrogen) atoms. The molecule has 0 saturated carbocycles. The average molecular weight is 285 g/mol. The SMILES string of the molecule is CC(C)(C(=O)O)C(Br)C(=O)c1ccccc1. The molecule has 0 aromatic heterocycles. The summed E-state index contributed by atoms with van der Waals surface area (Å²) in [7, 11) is 0. The third kappa shape index (κ3) is 2.50. The number of carbonyl (C=O) groups is 2. The highest BCUT2D eigenvalue weighted by atomic mass is 79.9. The van der Waals surface area contributed by atoms with Crippen molar-refractivity contribution in [2.45, 2.75) is 18.7 Å². The highest BCUT2D eigenvalue weighted by Gasteiger charge is 2.39. The monoisotopic (exact) mass is 284 g/mol. The van der Waals surface area contributed by atoms with Gasteiger partial charge in [0, 0.05) is 5.56 Å². The number of rotatable bonds is 4. The Morgan fingerprint density at radius 1 is 1.25 bits per heavy atom. The molecule has 1 unspecified atom stereocenters. The summed E-state index contributed by atoms with van der Waals surface area (Å²) in [5.41, 5.74) is -0.619. The number of carboxylic acid groups (broad SMARTS) is 1. The molecule has 0 fully saturated rings. The van der Waals surface area contributed by atoms with E-state index < -0.39 is 16.2 Å². The van der Waals surface area contributed by atoms with E-state index >= 15 is 0 Å². The number of halogens is 1. The number of hydrogen-bond donors (Lipinski definition) is 1. The summed E-state index contributed by atoms with van der Waals surface area (Å²) < 4.78 is 0. The Morgan fingerprint density at radius 3 is 2.19 bits per heavy atom. The van der Waals surface area contributed by atoms with Gasteiger partial charge in [-0.3, -0.25) is 9.59 Å². The number of carboxylic acids is 1. The number of ketones is 1. The van der Waals surface area contributed by atoms with E-state index in [4.69, 9.17) is 5.11 Å². The van der Waals surface area contributed by atoms with Crippen LogP contribution in [0.25, 0.3) is 0 Å². The molecule has 0 aliphatic carbocycles. The summed E-state index contributed by atoms with van der Waals surface area (Å²) >= 11 is 3.17. The normalized spacial score (nSPS) is 13.2. The lowest BCUT2D eigenvalue weighted by Gasteiger charge is -2.24. The minimum Gasteiger partial charge on any atom is -0.481 e. The number of Topliss-reactive ketones (excluding diaryl/α,β-unsaturated/α-hetero) is 1. The van der Waals surface area contributed by atoms with Gasteiger partial charge in [0.25, 0.3) is 0 Å². The maximum Gasteiger partial charge on any atom is 0.310 e. The van der Waals surface area contributed by atoms with Crippen molar-refractivity contribution >= 4 is 27.7 Å². The van der Waals surface area contributed by atoms with Crippen LogP contribution in [0.1, 0.15) is 24.2 Å². The lowest BCUT2D eigenvalue weighted by molar-refractivity contribution is -0.146. The molecule has 0 aliphatic heterocycles. The summed E-state index contributed by atoms with van der Waals surface area (Å²) in [5.74, 6) is -1.22. The van der Waals surface area contributed by atoms with Gasteiger partial charge in [0.1, 0.15) is 0 Å². The van der Waals surface area contributed by atoms with Crippen LogP contribution in [-0.4, -0.2) is 21.7 Å². The average Bonchev–Trinajstić information content (AvgIpc) is 2.28. The highest BCUT2D eigenvalue weighted by molar-refractivity contribution is 9.10.